The lowest BCUT2D eigenvalue weighted by Gasteiger charge is -2.20. The Morgan fingerprint density at radius 3 is 0.900 bits per heavy atom. The molecule has 0 aromatic heterocycles. The van der Waals surface area contributed by atoms with Gasteiger partial charge in [-0.05, 0) is 41.5 Å². The highest BCUT2D eigenvalue weighted by Gasteiger charge is 2.18. The summed E-state index contributed by atoms with van der Waals surface area (Å²) in [4.78, 5) is 21.9. The van der Waals surface area contributed by atoms with Crippen LogP contribution in [0.25, 0.3) is 0 Å². The molecule has 0 saturated carbocycles. The fourth-order valence-corrected chi connectivity index (χ4v) is 0.839. The minimum absolute atomic E-state index is 0.0285. The zero-order valence-corrected chi connectivity index (χ0v) is 14.8. The van der Waals surface area contributed by atoms with Gasteiger partial charge in [0.1, 0.15) is 11.2 Å². The van der Waals surface area contributed by atoms with Crippen LogP contribution in [0.5, 0.6) is 0 Å². The predicted molar refractivity (Wildman–Crippen MR) is 81.4 cm³/mol. The van der Waals surface area contributed by atoms with E-state index in [-0.39, 0.29) is 35.0 Å². The number of ether oxygens (including phenoxy) is 2. The van der Waals surface area contributed by atoms with Crippen molar-refractivity contribution in [3.8, 4) is 0 Å². The minimum atomic E-state index is -0.346. The Bertz CT molecular complexity index is 271. The van der Waals surface area contributed by atoms with Gasteiger partial charge in [-0.2, -0.15) is 0 Å². The fourth-order valence-electron chi connectivity index (χ4n) is 0.839. The van der Waals surface area contributed by atoms with E-state index in [4.69, 9.17) is 9.47 Å². The third-order valence-corrected chi connectivity index (χ3v) is 1.76. The summed E-state index contributed by atoms with van der Waals surface area (Å²) in [5.74, 6) is -0.321. The molecular weight excluding hydrogens is 256 g/mol. The van der Waals surface area contributed by atoms with Crippen LogP contribution < -0.4 is 0 Å². The fraction of sp³-hybridized carbons (Fsp3) is 0.875. The molecule has 0 heterocycles. The third-order valence-electron chi connectivity index (χ3n) is 1.76. The first kappa shape index (κ1) is 21.2. The summed E-state index contributed by atoms with van der Waals surface area (Å²) in [5.41, 5.74) is -0.692. The quantitative estimate of drug-likeness (QED) is 0.721. The molecule has 0 radical (unpaired) electrons. The van der Waals surface area contributed by atoms with E-state index in [9.17, 15) is 9.59 Å². The van der Waals surface area contributed by atoms with Crippen LogP contribution in [0, 0.1) is 11.8 Å². The van der Waals surface area contributed by atoms with E-state index >= 15 is 0 Å². The van der Waals surface area contributed by atoms with Crippen LogP contribution in [0.3, 0.4) is 0 Å². The summed E-state index contributed by atoms with van der Waals surface area (Å²) in [7, 11) is 0. The summed E-state index contributed by atoms with van der Waals surface area (Å²) in [6, 6.07) is 0. The number of hydrogen-bond acceptors (Lipinski definition) is 4. The van der Waals surface area contributed by atoms with Crippen LogP contribution in [0.4, 0.5) is 0 Å². The van der Waals surface area contributed by atoms with Gasteiger partial charge < -0.3 is 9.47 Å². The Morgan fingerprint density at radius 1 is 0.650 bits per heavy atom. The van der Waals surface area contributed by atoms with Crippen LogP contribution in [0.15, 0.2) is 0 Å². The third kappa shape index (κ3) is 15.0. The van der Waals surface area contributed by atoms with E-state index in [1.165, 1.54) is 0 Å². The zero-order chi connectivity index (χ0) is 16.7. The minimum Gasteiger partial charge on any atom is -0.460 e. The molecule has 120 valence electrons. The van der Waals surface area contributed by atoms with Crippen LogP contribution in [0.1, 0.15) is 69.2 Å². The first-order valence-corrected chi connectivity index (χ1v) is 7.11. The van der Waals surface area contributed by atoms with Crippen LogP contribution in [-0.4, -0.2) is 23.1 Å². The van der Waals surface area contributed by atoms with Gasteiger partial charge in [-0.1, -0.05) is 27.7 Å². The molecule has 0 fully saturated rings. The van der Waals surface area contributed by atoms with E-state index in [0.717, 1.165) is 0 Å². The maximum absolute atomic E-state index is 10.9. The lowest BCUT2D eigenvalue weighted by molar-refractivity contribution is -0.159. The molecular formula is C16H32O4. The molecule has 0 amide bonds. The monoisotopic (exact) mass is 288 g/mol. The van der Waals surface area contributed by atoms with Crippen LogP contribution in [-0.2, 0) is 19.1 Å². The maximum atomic E-state index is 10.9. The van der Waals surface area contributed by atoms with Crippen molar-refractivity contribution in [2.45, 2.75) is 80.4 Å². The van der Waals surface area contributed by atoms with Gasteiger partial charge in [0.25, 0.3) is 0 Å². The van der Waals surface area contributed by atoms with Crippen molar-refractivity contribution in [3.63, 3.8) is 0 Å². The Kier molecular flexibility index (Phi) is 8.79. The molecule has 0 bridgehead atoms. The molecule has 0 unspecified atom stereocenters. The highest BCUT2D eigenvalue weighted by molar-refractivity contribution is 5.72. The Hall–Kier alpha value is -1.06. The summed E-state index contributed by atoms with van der Waals surface area (Å²) in [5, 5.41) is 0. The second-order valence-corrected chi connectivity index (χ2v) is 7.38. The zero-order valence-electron chi connectivity index (χ0n) is 14.8. The van der Waals surface area contributed by atoms with Crippen molar-refractivity contribution in [2.24, 2.45) is 11.8 Å². The van der Waals surface area contributed by atoms with E-state index in [2.05, 4.69) is 0 Å². The van der Waals surface area contributed by atoms with Crippen molar-refractivity contribution < 1.29 is 19.1 Å². The molecule has 0 atom stereocenters. The average Bonchev–Trinajstić information content (AvgIpc) is 2.12. The van der Waals surface area contributed by atoms with E-state index in [0.29, 0.717) is 0 Å². The van der Waals surface area contributed by atoms with Crippen molar-refractivity contribution in [1.29, 1.82) is 0 Å². The van der Waals surface area contributed by atoms with Gasteiger partial charge in [0.05, 0.1) is 11.8 Å². The molecule has 0 aromatic rings. The number of carbonyl (C=O) groups excluding carboxylic acids is 2. The van der Waals surface area contributed by atoms with Crippen molar-refractivity contribution in [1.82, 2.24) is 0 Å². The van der Waals surface area contributed by atoms with E-state index in [1.807, 2.05) is 69.2 Å². The predicted octanol–water partition coefficient (Wildman–Crippen LogP) is 3.97. The van der Waals surface area contributed by atoms with Gasteiger partial charge in [0.2, 0.25) is 0 Å². The van der Waals surface area contributed by atoms with Gasteiger partial charge in [0.15, 0.2) is 0 Å². The summed E-state index contributed by atoms with van der Waals surface area (Å²) >= 11 is 0. The average molecular weight is 288 g/mol. The lowest BCUT2D eigenvalue weighted by Crippen LogP contribution is -2.26. The Balaban J connectivity index is 0. The van der Waals surface area contributed by atoms with Crippen molar-refractivity contribution >= 4 is 11.9 Å². The number of carbonyl (C=O) groups is 2. The van der Waals surface area contributed by atoms with E-state index in [1.54, 1.807) is 0 Å². The largest absolute Gasteiger partial charge is 0.460 e. The SMILES string of the molecule is CC(C)C(=O)OC(C)(C)C.CC(C)C(=O)OC(C)(C)C. The molecule has 20 heavy (non-hydrogen) atoms. The van der Waals surface area contributed by atoms with E-state index < -0.39 is 0 Å². The molecule has 0 saturated heterocycles. The second-order valence-electron chi connectivity index (χ2n) is 7.38. The first-order valence-electron chi connectivity index (χ1n) is 7.11. The molecule has 0 aliphatic carbocycles. The van der Waals surface area contributed by atoms with Gasteiger partial charge >= 0.3 is 11.9 Å². The number of hydrogen-bond donors (Lipinski definition) is 0. The molecule has 0 aromatic carbocycles. The Labute approximate surface area is 124 Å². The molecule has 4 nitrogen and oxygen atoms in total. The van der Waals surface area contributed by atoms with Crippen LogP contribution in [0.2, 0.25) is 0 Å². The topological polar surface area (TPSA) is 52.6 Å². The molecule has 4 heteroatoms. The maximum Gasteiger partial charge on any atom is 0.308 e. The first-order chi connectivity index (χ1) is 8.65. The highest BCUT2D eigenvalue weighted by atomic mass is 16.6. The Morgan fingerprint density at radius 2 is 0.850 bits per heavy atom. The summed E-state index contributed by atoms with van der Waals surface area (Å²) in [6.07, 6.45) is 0. The molecule has 0 spiro atoms. The van der Waals surface area contributed by atoms with Crippen molar-refractivity contribution in [3.05, 3.63) is 0 Å². The molecule has 0 aliphatic rings. The normalized spacial score (nSPS) is 11.8. The number of rotatable bonds is 2. The second kappa shape index (κ2) is 8.28. The standard InChI is InChI=1S/2C8H16O2/c2*1-6(2)7(9)10-8(3,4)5/h2*6H,1-5H3. The van der Waals surface area contributed by atoms with Crippen LogP contribution >= 0.6 is 0 Å². The van der Waals surface area contributed by atoms with Gasteiger partial charge in [0, 0.05) is 0 Å². The number of esters is 2. The highest BCUT2D eigenvalue weighted by Crippen LogP contribution is 2.10. The molecule has 0 N–H and O–H groups in total. The van der Waals surface area contributed by atoms with Gasteiger partial charge in [-0.3, -0.25) is 9.59 Å². The smallest absolute Gasteiger partial charge is 0.308 e. The molecule has 0 rings (SSSR count). The summed E-state index contributed by atoms with van der Waals surface area (Å²) in [6.45, 7) is 18.5. The van der Waals surface area contributed by atoms with Crippen molar-refractivity contribution in [2.75, 3.05) is 0 Å². The molecule has 0 aliphatic heterocycles. The van der Waals surface area contributed by atoms with Gasteiger partial charge in [-0.25, -0.2) is 0 Å². The summed E-state index contributed by atoms with van der Waals surface area (Å²) < 4.78 is 10.1. The van der Waals surface area contributed by atoms with Gasteiger partial charge in [-0.15, -0.1) is 0 Å². The lowest BCUT2D eigenvalue weighted by atomic mass is 10.1.